The van der Waals surface area contributed by atoms with Crippen LogP contribution in [0.2, 0.25) is 0 Å². The zero-order valence-corrected chi connectivity index (χ0v) is 27.0. The van der Waals surface area contributed by atoms with Gasteiger partial charge in [0.05, 0.1) is 29.3 Å². The second-order valence-electron chi connectivity index (χ2n) is 11.6. The molecule has 10 nitrogen and oxygen atoms in total. The average molecular weight is 684 g/mol. The van der Waals surface area contributed by atoms with E-state index in [0.717, 1.165) is 27.0 Å². The molecule has 0 bridgehead atoms. The van der Waals surface area contributed by atoms with E-state index in [1.165, 1.54) is 5.01 Å². The number of rotatable bonds is 11. The number of carbonyl (C=O) groups excluding carboxylic acids is 2. The monoisotopic (exact) mass is 682 g/mol. The number of hydrogen-bond acceptors (Lipinski definition) is 7. The number of aliphatic hydroxyl groups is 2. The Morgan fingerprint density at radius 1 is 1.04 bits per heavy atom. The lowest BCUT2D eigenvalue weighted by Gasteiger charge is -2.28. The zero-order valence-electron chi connectivity index (χ0n) is 25.5. The van der Waals surface area contributed by atoms with Gasteiger partial charge in [-0.15, -0.1) is 5.10 Å². The first-order chi connectivity index (χ1) is 22.3. The first kappa shape index (κ1) is 31.5. The lowest BCUT2D eigenvalue weighted by molar-refractivity contribution is -0.139. The molecule has 3 heterocycles. The van der Waals surface area contributed by atoms with E-state index >= 15 is 0 Å². The Bertz CT molecular complexity index is 1810. The van der Waals surface area contributed by atoms with Gasteiger partial charge in [-0.2, -0.15) is 5.10 Å². The molecule has 0 unspecified atom stereocenters. The predicted octanol–water partition coefficient (Wildman–Crippen LogP) is 5.12. The van der Waals surface area contributed by atoms with Crippen LogP contribution in [0.1, 0.15) is 48.6 Å². The van der Waals surface area contributed by atoms with Crippen LogP contribution in [-0.4, -0.2) is 49.3 Å². The molecule has 2 aliphatic heterocycles. The number of hydrazone groups is 1. The standard InChI is InChI=1S/C35H35BrN6O4/c1-24(8-5-6-18-40-23-28(17-19-43)37-39-40)35(46)30-21-27(36)13-15-32(30)41(34(35)45)22-25-9-7-12-29(20-25)42-33(44)16-14-31(38-42)26-10-3-2-4-11-26/h2-5,7-13,15,20-21,23-24,43,46H,6,14,16-19,22H2,1H3/b8-5+/t24-,35+/m1/s1. The fraction of sp³-hybridized carbons (Fsp3) is 0.286. The van der Waals surface area contributed by atoms with Crippen LogP contribution in [0.25, 0.3) is 0 Å². The zero-order chi connectivity index (χ0) is 32.3. The summed E-state index contributed by atoms with van der Waals surface area (Å²) in [5, 5.41) is 35.4. The van der Waals surface area contributed by atoms with Crippen LogP contribution in [0.5, 0.6) is 0 Å². The lowest BCUT2D eigenvalue weighted by Crippen LogP contribution is -2.44. The van der Waals surface area contributed by atoms with E-state index in [2.05, 4.69) is 26.2 Å². The smallest absolute Gasteiger partial charge is 0.264 e. The Kier molecular flexibility index (Phi) is 9.25. The molecule has 0 aliphatic carbocycles. The van der Waals surface area contributed by atoms with Crippen molar-refractivity contribution in [3.8, 4) is 0 Å². The summed E-state index contributed by atoms with van der Waals surface area (Å²) in [7, 11) is 0. The van der Waals surface area contributed by atoms with Crippen molar-refractivity contribution in [2.75, 3.05) is 16.5 Å². The van der Waals surface area contributed by atoms with E-state index in [1.807, 2.05) is 85.8 Å². The Morgan fingerprint density at radius 2 is 1.87 bits per heavy atom. The van der Waals surface area contributed by atoms with E-state index in [9.17, 15) is 14.7 Å². The Balaban J connectivity index is 1.22. The molecule has 236 valence electrons. The summed E-state index contributed by atoms with van der Waals surface area (Å²) in [5.74, 6) is -1.03. The third-order valence-electron chi connectivity index (χ3n) is 8.43. The maximum atomic E-state index is 14.1. The molecule has 1 aromatic heterocycles. The number of aromatic nitrogens is 3. The molecule has 2 N–H and O–H groups in total. The maximum absolute atomic E-state index is 14.1. The highest BCUT2D eigenvalue weighted by molar-refractivity contribution is 9.10. The average Bonchev–Trinajstić information content (AvgIpc) is 3.60. The highest BCUT2D eigenvalue weighted by Crippen LogP contribution is 2.47. The van der Waals surface area contributed by atoms with Gasteiger partial charge in [-0.3, -0.25) is 14.3 Å². The van der Waals surface area contributed by atoms with Gasteiger partial charge >= 0.3 is 0 Å². The molecule has 2 atom stereocenters. The van der Waals surface area contributed by atoms with Crippen LogP contribution in [0, 0.1) is 5.92 Å². The fourth-order valence-electron chi connectivity index (χ4n) is 5.96. The van der Waals surface area contributed by atoms with E-state index in [0.29, 0.717) is 49.2 Å². The molecule has 11 heteroatoms. The Hall–Kier alpha value is -4.45. The van der Waals surface area contributed by atoms with Crippen molar-refractivity contribution >= 4 is 44.8 Å². The van der Waals surface area contributed by atoms with Gasteiger partial charge in [0.2, 0.25) is 5.91 Å². The number of hydrogen-bond donors (Lipinski definition) is 2. The van der Waals surface area contributed by atoms with Crippen LogP contribution in [0.3, 0.4) is 0 Å². The van der Waals surface area contributed by atoms with Crippen molar-refractivity contribution in [2.45, 2.75) is 51.3 Å². The number of carbonyl (C=O) groups is 2. The van der Waals surface area contributed by atoms with Crippen LogP contribution in [-0.2, 0) is 34.7 Å². The number of halogens is 1. The number of benzene rings is 3. The van der Waals surface area contributed by atoms with Crippen LogP contribution in [0.4, 0.5) is 11.4 Å². The van der Waals surface area contributed by atoms with Gasteiger partial charge in [0, 0.05) is 54.6 Å². The summed E-state index contributed by atoms with van der Waals surface area (Å²) in [5.41, 5.74) is 3.38. The molecule has 0 spiro atoms. The van der Waals surface area contributed by atoms with Gasteiger partial charge in [-0.25, -0.2) is 5.01 Å². The van der Waals surface area contributed by atoms with Crippen LogP contribution < -0.4 is 9.91 Å². The molecule has 2 amide bonds. The van der Waals surface area contributed by atoms with Crippen molar-refractivity contribution in [3.05, 3.63) is 118 Å². The molecule has 0 saturated heterocycles. The largest absolute Gasteiger partial charge is 0.396 e. The molecule has 0 radical (unpaired) electrons. The molecule has 46 heavy (non-hydrogen) atoms. The van der Waals surface area contributed by atoms with Gasteiger partial charge < -0.3 is 15.1 Å². The Labute approximate surface area is 275 Å². The first-order valence-corrected chi connectivity index (χ1v) is 16.1. The summed E-state index contributed by atoms with van der Waals surface area (Å²) >= 11 is 3.52. The number of aliphatic hydroxyl groups excluding tert-OH is 1. The SMILES string of the molecule is C[C@H](/C=C/CCn1cc(CCO)nn1)[C@@]1(O)C(=O)N(Cc2cccc(N3N=C(c4ccccc4)CCC3=O)c2)c2ccc(Br)cc21. The highest BCUT2D eigenvalue weighted by Gasteiger charge is 2.52. The third kappa shape index (κ3) is 6.31. The summed E-state index contributed by atoms with van der Waals surface area (Å²) < 4.78 is 2.47. The van der Waals surface area contributed by atoms with Crippen LogP contribution >= 0.6 is 15.9 Å². The van der Waals surface area contributed by atoms with Crippen molar-refractivity contribution in [3.63, 3.8) is 0 Å². The summed E-state index contributed by atoms with van der Waals surface area (Å²) in [6, 6.07) is 22.8. The minimum absolute atomic E-state index is 0.0189. The number of fused-ring (bicyclic) bond motifs is 1. The van der Waals surface area contributed by atoms with Crippen molar-refractivity contribution in [2.24, 2.45) is 11.0 Å². The summed E-state index contributed by atoms with van der Waals surface area (Å²) in [6.45, 7) is 2.64. The predicted molar refractivity (Wildman–Crippen MR) is 179 cm³/mol. The molecule has 0 saturated carbocycles. The quantitative estimate of drug-likeness (QED) is 0.212. The number of nitrogens with zero attached hydrogens (tertiary/aromatic N) is 6. The molecule has 3 aromatic carbocycles. The van der Waals surface area contributed by atoms with Gasteiger partial charge in [0.25, 0.3) is 5.91 Å². The molecule has 4 aromatic rings. The third-order valence-corrected chi connectivity index (χ3v) is 8.92. The van der Waals surface area contributed by atoms with E-state index in [4.69, 9.17) is 10.2 Å². The minimum Gasteiger partial charge on any atom is -0.396 e. The van der Waals surface area contributed by atoms with E-state index < -0.39 is 17.4 Å². The van der Waals surface area contributed by atoms with Crippen LogP contribution in [0.15, 0.2) is 101 Å². The minimum atomic E-state index is -1.77. The van der Waals surface area contributed by atoms with Gasteiger partial charge in [-0.05, 0) is 47.9 Å². The first-order valence-electron chi connectivity index (χ1n) is 15.3. The molecule has 6 rings (SSSR count). The van der Waals surface area contributed by atoms with Gasteiger partial charge in [0.15, 0.2) is 5.60 Å². The van der Waals surface area contributed by atoms with E-state index in [1.54, 1.807) is 21.8 Å². The van der Waals surface area contributed by atoms with Crippen molar-refractivity contribution in [1.82, 2.24) is 15.0 Å². The number of allylic oxidation sites excluding steroid dienone is 1. The number of aryl methyl sites for hydroxylation is 1. The summed E-state index contributed by atoms with van der Waals surface area (Å²) in [6.07, 6.45) is 7.62. The van der Waals surface area contributed by atoms with E-state index in [-0.39, 0.29) is 19.1 Å². The molecular formula is C35H35BrN6O4. The summed E-state index contributed by atoms with van der Waals surface area (Å²) in [4.78, 5) is 28.7. The highest BCUT2D eigenvalue weighted by atomic mass is 79.9. The maximum Gasteiger partial charge on any atom is 0.264 e. The van der Waals surface area contributed by atoms with Crippen molar-refractivity contribution < 1.29 is 19.8 Å². The topological polar surface area (TPSA) is 124 Å². The number of anilines is 2. The van der Waals surface area contributed by atoms with Gasteiger partial charge in [0.1, 0.15) is 0 Å². The van der Waals surface area contributed by atoms with Crippen molar-refractivity contribution in [1.29, 1.82) is 0 Å². The second-order valence-corrected chi connectivity index (χ2v) is 12.5. The second kappa shape index (κ2) is 13.5. The normalized spacial score (nSPS) is 18.7. The number of amides is 2. The molecule has 0 fully saturated rings. The molecular weight excluding hydrogens is 648 g/mol. The fourth-order valence-corrected chi connectivity index (χ4v) is 6.32. The molecule has 2 aliphatic rings. The Morgan fingerprint density at radius 3 is 2.67 bits per heavy atom. The lowest BCUT2D eigenvalue weighted by atomic mass is 9.83. The van der Waals surface area contributed by atoms with Gasteiger partial charge in [-0.1, -0.05) is 82.7 Å².